The topological polar surface area (TPSA) is 86.0 Å². The lowest BCUT2D eigenvalue weighted by molar-refractivity contribution is 0.563. The molecule has 4 nitrogen and oxygen atoms in total. The maximum absolute atomic E-state index is 10.3. The Labute approximate surface area is 157 Å². The Morgan fingerprint density at radius 1 is 1.16 bits per heavy atom. The minimum Gasteiger partial charge on any atom is -0.386 e. The Morgan fingerprint density at radius 3 is 2.32 bits per heavy atom. The van der Waals surface area contributed by atoms with E-state index in [2.05, 4.69) is 44.2 Å². The average Bonchev–Trinajstić information content (AvgIpc) is 3.16. The summed E-state index contributed by atoms with van der Waals surface area (Å²) in [5.74, 6) is 1.72. The van der Waals surface area contributed by atoms with Crippen LogP contribution in [0.25, 0.3) is 0 Å². The second-order valence-electron chi connectivity index (χ2n) is 6.58. The van der Waals surface area contributed by atoms with Crippen LogP contribution in [-0.4, -0.2) is 21.5 Å². The number of hydrogen-bond donors (Lipinski definition) is 1. The fraction of sp³-hybridized carbons (Fsp3) is 0.526. The SMILES string of the molecule is CCSC1(SCC)N=C(N)C2(C#N)C(c3cc(C)ccc3C)C12C#N. The third-order valence-electron chi connectivity index (χ3n) is 5.35. The van der Waals surface area contributed by atoms with Crippen molar-refractivity contribution in [2.75, 3.05) is 11.5 Å². The molecule has 2 N–H and O–H groups in total. The maximum Gasteiger partial charge on any atom is 0.175 e. The second-order valence-corrected chi connectivity index (χ2v) is 9.75. The lowest BCUT2D eigenvalue weighted by atomic mass is 9.95. The van der Waals surface area contributed by atoms with Gasteiger partial charge in [0, 0.05) is 5.92 Å². The molecule has 3 unspecified atom stereocenters. The van der Waals surface area contributed by atoms with Crippen LogP contribution >= 0.6 is 23.5 Å². The number of fused-ring (bicyclic) bond motifs is 1. The number of rotatable bonds is 5. The highest BCUT2D eigenvalue weighted by atomic mass is 32.2. The number of aliphatic imine (C=N–C) groups is 1. The summed E-state index contributed by atoms with van der Waals surface area (Å²) in [7, 11) is 0. The summed E-state index contributed by atoms with van der Waals surface area (Å²) in [5.41, 5.74) is 7.66. The molecule has 0 radical (unpaired) electrons. The van der Waals surface area contributed by atoms with Crippen molar-refractivity contribution in [1.29, 1.82) is 10.5 Å². The van der Waals surface area contributed by atoms with Gasteiger partial charge < -0.3 is 5.73 Å². The summed E-state index contributed by atoms with van der Waals surface area (Å²) in [6.07, 6.45) is 0. The molecule has 130 valence electrons. The molecular formula is C19H22N4S2. The summed E-state index contributed by atoms with van der Waals surface area (Å²) in [6, 6.07) is 11.2. The molecule has 0 bridgehead atoms. The molecule has 1 aromatic rings. The molecule has 2 aliphatic rings. The highest BCUT2D eigenvalue weighted by Gasteiger charge is 2.92. The molecule has 0 saturated heterocycles. The Kier molecular flexibility index (Phi) is 4.34. The van der Waals surface area contributed by atoms with Gasteiger partial charge in [0.05, 0.1) is 12.1 Å². The minimum atomic E-state index is -1.02. The molecule has 6 heteroatoms. The van der Waals surface area contributed by atoms with Gasteiger partial charge >= 0.3 is 0 Å². The smallest absolute Gasteiger partial charge is 0.175 e. The second kappa shape index (κ2) is 5.97. The number of nitriles is 2. The van der Waals surface area contributed by atoms with Crippen molar-refractivity contribution in [3.63, 3.8) is 0 Å². The molecule has 1 heterocycles. The molecule has 1 aliphatic carbocycles. The van der Waals surface area contributed by atoms with Gasteiger partial charge in [0.2, 0.25) is 0 Å². The number of aryl methyl sites for hydroxylation is 2. The van der Waals surface area contributed by atoms with Crippen LogP contribution in [0.4, 0.5) is 0 Å². The van der Waals surface area contributed by atoms with Crippen LogP contribution in [0, 0.1) is 47.3 Å². The number of nitrogens with zero attached hydrogens (tertiary/aromatic N) is 3. The quantitative estimate of drug-likeness (QED) is 0.793. The molecule has 1 saturated carbocycles. The number of thioether (sulfide) groups is 2. The Morgan fingerprint density at radius 2 is 1.80 bits per heavy atom. The predicted molar refractivity (Wildman–Crippen MR) is 105 cm³/mol. The molecule has 0 aromatic heterocycles. The summed E-state index contributed by atoms with van der Waals surface area (Å²) < 4.78 is -0.716. The van der Waals surface area contributed by atoms with Crippen LogP contribution in [0.15, 0.2) is 23.2 Å². The van der Waals surface area contributed by atoms with E-state index in [4.69, 9.17) is 10.7 Å². The zero-order chi connectivity index (χ0) is 18.5. The predicted octanol–water partition coefficient (Wildman–Crippen LogP) is 3.95. The largest absolute Gasteiger partial charge is 0.386 e. The Balaban J connectivity index is 2.27. The third-order valence-corrected chi connectivity index (χ3v) is 8.25. The van der Waals surface area contributed by atoms with Crippen molar-refractivity contribution in [2.24, 2.45) is 21.6 Å². The van der Waals surface area contributed by atoms with Gasteiger partial charge in [0.1, 0.15) is 16.7 Å². The standard InChI is InChI=1S/C19H22N4S2/c1-5-24-19(25-6-2)18(11-21)15(17(18,10-20)16(22)23-19)14-9-12(3)7-8-13(14)4/h7-9,15H,5-6H2,1-4H3,(H2,22,23). The Bertz CT molecular complexity index is 829. The molecule has 1 aliphatic heterocycles. The van der Waals surface area contributed by atoms with E-state index in [9.17, 15) is 10.5 Å². The highest BCUT2D eigenvalue weighted by Crippen LogP contribution is 2.85. The van der Waals surface area contributed by atoms with Crippen LogP contribution in [-0.2, 0) is 0 Å². The van der Waals surface area contributed by atoms with E-state index in [0.717, 1.165) is 28.2 Å². The van der Waals surface area contributed by atoms with Crippen molar-refractivity contribution in [1.82, 2.24) is 0 Å². The van der Waals surface area contributed by atoms with Gasteiger partial charge in [-0.15, -0.1) is 23.5 Å². The van der Waals surface area contributed by atoms with Crippen LogP contribution in [0.5, 0.6) is 0 Å². The first kappa shape index (κ1) is 18.2. The zero-order valence-electron chi connectivity index (χ0n) is 15.0. The van der Waals surface area contributed by atoms with Crippen LogP contribution < -0.4 is 5.73 Å². The van der Waals surface area contributed by atoms with Gasteiger partial charge in [-0.1, -0.05) is 37.6 Å². The molecular weight excluding hydrogens is 348 g/mol. The molecule has 3 atom stereocenters. The van der Waals surface area contributed by atoms with E-state index < -0.39 is 15.0 Å². The molecule has 1 fully saturated rings. The van der Waals surface area contributed by atoms with Crippen molar-refractivity contribution in [3.8, 4) is 12.1 Å². The summed E-state index contributed by atoms with van der Waals surface area (Å²) in [5, 5.41) is 20.4. The summed E-state index contributed by atoms with van der Waals surface area (Å²) in [4.78, 5) is 4.72. The van der Waals surface area contributed by atoms with Crippen molar-refractivity contribution in [2.45, 2.75) is 37.8 Å². The normalized spacial score (nSPS) is 31.6. The van der Waals surface area contributed by atoms with E-state index in [1.165, 1.54) is 0 Å². The lowest BCUT2D eigenvalue weighted by Gasteiger charge is -2.31. The third kappa shape index (κ3) is 1.99. The van der Waals surface area contributed by atoms with Gasteiger partial charge in [-0.05, 0) is 36.5 Å². The van der Waals surface area contributed by atoms with E-state index in [-0.39, 0.29) is 5.92 Å². The van der Waals surface area contributed by atoms with E-state index in [1.54, 1.807) is 23.5 Å². The summed E-state index contributed by atoms with van der Waals surface area (Å²) >= 11 is 3.26. The first-order chi connectivity index (χ1) is 11.9. The fourth-order valence-electron chi connectivity index (χ4n) is 4.29. The van der Waals surface area contributed by atoms with Crippen LogP contribution in [0.1, 0.15) is 36.5 Å². The van der Waals surface area contributed by atoms with Crippen molar-refractivity contribution in [3.05, 3.63) is 34.9 Å². The number of amidine groups is 1. The number of nitrogens with two attached hydrogens (primary N) is 1. The number of benzene rings is 1. The minimum absolute atomic E-state index is 0.231. The van der Waals surface area contributed by atoms with E-state index in [1.807, 2.05) is 13.8 Å². The first-order valence-electron chi connectivity index (χ1n) is 8.44. The van der Waals surface area contributed by atoms with Crippen LogP contribution in [0.3, 0.4) is 0 Å². The van der Waals surface area contributed by atoms with Gasteiger partial charge in [0.25, 0.3) is 0 Å². The van der Waals surface area contributed by atoms with Crippen molar-refractivity contribution < 1.29 is 0 Å². The maximum atomic E-state index is 10.3. The van der Waals surface area contributed by atoms with Crippen molar-refractivity contribution >= 4 is 29.4 Å². The zero-order valence-corrected chi connectivity index (χ0v) is 16.6. The molecule has 1 aromatic carbocycles. The van der Waals surface area contributed by atoms with E-state index in [0.29, 0.717) is 5.84 Å². The highest BCUT2D eigenvalue weighted by molar-refractivity contribution is 8.18. The molecule has 0 spiro atoms. The Hall–Kier alpha value is -1.63. The van der Waals surface area contributed by atoms with Gasteiger partial charge in [-0.25, -0.2) is 4.99 Å². The molecule has 0 amide bonds. The fourth-order valence-corrected chi connectivity index (χ4v) is 7.54. The van der Waals surface area contributed by atoms with Gasteiger partial charge in [-0.3, -0.25) is 0 Å². The number of hydrogen-bond acceptors (Lipinski definition) is 6. The summed E-state index contributed by atoms with van der Waals surface area (Å²) in [6.45, 7) is 8.18. The van der Waals surface area contributed by atoms with E-state index >= 15 is 0 Å². The average molecular weight is 371 g/mol. The van der Waals surface area contributed by atoms with Crippen LogP contribution in [0.2, 0.25) is 0 Å². The monoisotopic (exact) mass is 370 g/mol. The first-order valence-corrected chi connectivity index (χ1v) is 10.4. The lowest BCUT2D eigenvalue weighted by Crippen LogP contribution is -2.31. The molecule has 3 rings (SSSR count). The van der Waals surface area contributed by atoms with Gasteiger partial charge in [-0.2, -0.15) is 10.5 Å². The molecule has 25 heavy (non-hydrogen) atoms. The van der Waals surface area contributed by atoms with Gasteiger partial charge in [0.15, 0.2) is 4.20 Å².